The molecule has 1 aliphatic rings. The second kappa shape index (κ2) is 7.00. The molecule has 1 aliphatic heterocycles. The van der Waals surface area contributed by atoms with Crippen LogP contribution in [0.15, 0.2) is 24.3 Å². The van der Waals surface area contributed by atoms with Crippen molar-refractivity contribution in [3.8, 4) is 0 Å². The summed E-state index contributed by atoms with van der Waals surface area (Å²) in [5.74, 6) is -0.394. The van der Waals surface area contributed by atoms with E-state index in [0.29, 0.717) is 24.0 Å². The molecule has 3 rings (SSSR count). The molecule has 6 nitrogen and oxygen atoms in total. The number of aryl methyl sites for hydroxylation is 1. The summed E-state index contributed by atoms with van der Waals surface area (Å²) in [5.41, 5.74) is 4.33. The van der Waals surface area contributed by atoms with Crippen molar-refractivity contribution in [2.75, 3.05) is 18.5 Å². The van der Waals surface area contributed by atoms with Gasteiger partial charge in [0.15, 0.2) is 10.8 Å². The number of fused-ring (bicyclic) bond motifs is 1. The van der Waals surface area contributed by atoms with Crippen molar-refractivity contribution in [1.29, 1.82) is 0 Å². The lowest BCUT2D eigenvalue weighted by Gasteiger charge is -2.29. The molecule has 2 aromatic rings. The van der Waals surface area contributed by atoms with Crippen molar-refractivity contribution in [3.05, 3.63) is 46.8 Å². The van der Waals surface area contributed by atoms with Crippen LogP contribution in [0.5, 0.6) is 0 Å². The van der Waals surface area contributed by atoms with E-state index in [2.05, 4.69) is 15.5 Å². The molecule has 7 heteroatoms. The summed E-state index contributed by atoms with van der Waals surface area (Å²) in [4.78, 5) is 14.1. The number of hydrogen-bond donors (Lipinski definition) is 2. The number of aromatic amines is 1. The number of thiocarbonyl (C=S) groups is 1. The monoisotopic (exact) mass is 344 g/mol. The minimum Gasteiger partial charge on any atom is -0.461 e. The van der Waals surface area contributed by atoms with Crippen LogP contribution >= 0.6 is 12.2 Å². The minimum atomic E-state index is -0.394. The van der Waals surface area contributed by atoms with Crippen LogP contribution in [0.25, 0.3) is 0 Å². The highest BCUT2D eigenvalue weighted by molar-refractivity contribution is 7.80. The van der Waals surface area contributed by atoms with E-state index >= 15 is 0 Å². The summed E-state index contributed by atoms with van der Waals surface area (Å²) in [7, 11) is 0. The van der Waals surface area contributed by atoms with Gasteiger partial charge in [-0.25, -0.2) is 4.79 Å². The fourth-order valence-corrected chi connectivity index (χ4v) is 3.01. The molecule has 0 saturated heterocycles. The lowest BCUT2D eigenvalue weighted by Crippen LogP contribution is -2.39. The van der Waals surface area contributed by atoms with Gasteiger partial charge in [0.05, 0.1) is 6.61 Å². The summed E-state index contributed by atoms with van der Waals surface area (Å²) in [6, 6.07) is 8.00. The molecular formula is C17H20N4O2S. The number of nitrogens with one attached hydrogen (secondary N) is 2. The second-order valence-electron chi connectivity index (χ2n) is 5.67. The van der Waals surface area contributed by atoms with E-state index in [0.717, 1.165) is 35.5 Å². The Morgan fingerprint density at radius 3 is 3.00 bits per heavy atom. The Bertz CT molecular complexity index is 772. The van der Waals surface area contributed by atoms with Gasteiger partial charge in [-0.05, 0) is 37.7 Å². The Balaban J connectivity index is 1.74. The number of esters is 1. The van der Waals surface area contributed by atoms with Crippen LogP contribution in [0.4, 0.5) is 5.69 Å². The highest BCUT2D eigenvalue weighted by atomic mass is 32.1. The highest BCUT2D eigenvalue weighted by Gasteiger charge is 2.27. The van der Waals surface area contributed by atoms with E-state index in [1.165, 1.54) is 0 Å². The molecule has 0 saturated carbocycles. The zero-order chi connectivity index (χ0) is 17.1. The first kappa shape index (κ1) is 16.4. The van der Waals surface area contributed by atoms with Crippen molar-refractivity contribution in [3.63, 3.8) is 0 Å². The maximum Gasteiger partial charge on any atom is 0.359 e. The number of benzene rings is 1. The van der Waals surface area contributed by atoms with Gasteiger partial charge < -0.3 is 15.0 Å². The van der Waals surface area contributed by atoms with Crippen LogP contribution in [0.2, 0.25) is 0 Å². The molecule has 0 spiro atoms. The van der Waals surface area contributed by atoms with Crippen molar-refractivity contribution in [2.45, 2.75) is 26.8 Å². The van der Waals surface area contributed by atoms with Gasteiger partial charge in [-0.1, -0.05) is 18.2 Å². The molecule has 0 aliphatic carbocycles. The molecule has 0 radical (unpaired) electrons. The van der Waals surface area contributed by atoms with Gasteiger partial charge in [-0.3, -0.25) is 5.10 Å². The summed E-state index contributed by atoms with van der Waals surface area (Å²) in [5, 5.41) is 11.0. The number of H-pyrrole nitrogens is 1. The molecular weight excluding hydrogens is 324 g/mol. The van der Waals surface area contributed by atoms with Crippen molar-refractivity contribution in [1.82, 2.24) is 15.1 Å². The third-order valence-electron chi connectivity index (χ3n) is 4.08. The number of ether oxygens (including phenoxy) is 1. The maximum absolute atomic E-state index is 12.0. The van der Waals surface area contributed by atoms with Gasteiger partial charge in [-0.2, -0.15) is 5.10 Å². The van der Waals surface area contributed by atoms with Crippen molar-refractivity contribution >= 4 is 29.0 Å². The Hall–Kier alpha value is -2.41. The number of carbonyl (C=O) groups excluding carboxylic acids is 1. The normalized spacial score (nSPS) is 13.3. The number of rotatable bonds is 3. The molecule has 1 aromatic heterocycles. The highest BCUT2D eigenvalue weighted by Crippen LogP contribution is 2.22. The minimum absolute atomic E-state index is 0.331. The van der Waals surface area contributed by atoms with Crippen LogP contribution in [-0.2, 0) is 17.7 Å². The molecule has 0 unspecified atom stereocenters. The van der Waals surface area contributed by atoms with E-state index in [-0.39, 0.29) is 0 Å². The largest absolute Gasteiger partial charge is 0.461 e. The van der Waals surface area contributed by atoms with Crippen LogP contribution in [0.3, 0.4) is 0 Å². The molecule has 0 atom stereocenters. The van der Waals surface area contributed by atoms with Gasteiger partial charge in [0, 0.05) is 36.5 Å². The number of hydrogen-bond acceptors (Lipinski definition) is 4. The van der Waals surface area contributed by atoms with Crippen LogP contribution in [-0.4, -0.2) is 39.3 Å². The first-order valence-corrected chi connectivity index (χ1v) is 8.35. The number of carbonyl (C=O) groups is 1. The quantitative estimate of drug-likeness (QED) is 0.659. The standard InChI is InChI=1S/C17H20N4O2S/c1-3-23-16(22)15-12-10-21(9-8-14(12)19-20-15)17(24)18-13-7-5-4-6-11(13)2/h4-7H,3,8-10H2,1-2H3,(H,18,24)(H,19,20). The first-order valence-electron chi connectivity index (χ1n) is 7.95. The van der Waals surface area contributed by atoms with Crippen molar-refractivity contribution in [2.24, 2.45) is 0 Å². The first-order chi connectivity index (χ1) is 11.6. The molecule has 2 heterocycles. The van der Waals surface area contributed by atoms with Crippen LogP contribution in [0, 0.1) is 6.92 Å². The molecule has 2 N–H and O–H groups in total. The Labute approximate surface area is 146 Å². The number of aromatic nitrogens is 2. The van der Waals surface area contributed by atoms with Crippen LogP contribution < -0.4 is 5.32 Å². The average Bonchev–Trinajstić information content (AvgIpc) is 3.00. The summed E-state index contributed by atoms with van der Waals surface area (Å²) in [6.07, 6.45) is 0.761. The SMILES string of the molecule is CCOC(=O)c1n[nH]c2c1CN(C(=S)Nc1ccccc1C)CC2. The fraction of sp³-hybridized carbons (Fsp3) is 0.353. The molecule has 126 valence electrons. The van der Waals surface area contributed by atoms with Gasteiger partial charge in [0.1, 0.15) is 0 Å². The Morgan fingerprint density at radius 2 is 2.25 bits per heavy atom. The molecule has 1 aromatic carbocycles. The maximum atomic E-state index is 12.0. The predicted octanol–water partition coefficient (Wildman–Crippen LogP) is 2.65. The number of nitrogens with zero attached hydrogens (tertiary/aromatic N) is 2. The lowest BCUT2D eigenvalue weighted by atomic mass is 10.1. The Kier molecular flexibility index (Phi) is 4.80. The predicted molar refractivity (Wildman–Crippen MR) is 96.1 cm³/mol. The molecule has 0 bridgehead atoms. The van der Waals surface area contributed by atoms with Gasteiger partial charge in [-0.15, -0.1) is 0 Å². The summed E-state index contributed by atoms with van der Waals surface area (Å²) >= 11 is 5.55. The lowest BCUT2D eigenvalue weighted by molar-refractivity contribution is 0.0517. The van der Waals surface area contributed by atoms with Gasteiger partial charge in [0.25, 0.3) is 0 Å². The average molecular weight is 344 g/mol. The number of anilines is 1. The zero-order valence-electron chi connectivity index (χ0n) is 13.8. The van der Waals surface area contributed by atoms with Gasteiger partial charge >= 0.3 is 5.97 Å². The molecule has 24 heavy (non-hydrogen) atoms. The molecule has 0 amide bonds. The third kappa shape index (κ3) is 3.26. The second-order valence-corrected chi connectivity index (χ2v) is 6.05. The van der Waals surface area contributed by atoms with E-state index in [9.17, 15) is 4.79 Å². The molecule has 0 fully saturated rings. The van der Waals surface area contributed by atoms with E-state index in [1.54, 1.807) is 6.92 Å². The van der Waals surface area contributed by atoms with Crippen LogP contribution in [0.1, 0.15) is 34.2 Å². The Morgan fingerprint density at radius 1 is 1.46 bits per heavy atom. The third-order valence-corrected chi connectivity index (χ3v) is 4.44. The number of para-hydroxylation sites is 1. The van der Waals surface area contributed by atoms with E-state index < -0.39 is 5.97 Å². The van der Waals surface area contributed by atoms with Crippen molar-refractivity contribution < 1.29 is 9.53 Å². The van der Waals surface area contributed by atoms with E-state index in [1.807, 2.05) is 36.1 Å². The fourth-order valence-electron chi connectivity index (χ4n) is 2.74. The summed E-state index contributed by atoms with van der Waals surface area (Å²) in [6.45, 7) is 5.46. The zero-order valence-corrected chi connectivity index (χ0v) is 14.6. The van der Waals surface area contributed by atoms with Gasteiger partial charge in [0.2, 0.25) is 0 Å². The summed E-state index contributed by atoms with van der Waals surface area (Å²) < 4.78 is 5.07. The van der Waals surface area contributed by atoms with E-state index in [4.69, 9.17) is 17.0 Å². The topological polar surface area (TPSA) is 70.2 Å². The smallest absolute Gasteiger partial charge is 0.359 e.